The summed E-state index contributed by atoms with van der Waals surface area (Å²) in [6.45, 7) is 0. The summed E-state index contributed by atoms with van der Waals surface area (Å²) in [5.41, 5.74) is 6.07. The van der Waals surface area contributed by atoms with E-state index < -0.39 is 25.1 Å². The van der Waals surface area contributed by atoms with Crippen molar-refractivity contribution in [3.63, 3.8) is 0 Å². The Morgan fingerprint density at radius 3 is 2.47 bits per heavy atom. The van der Waals surface area contributed by atoms with Gasteiger partial charge in [0.05, 0.1) is 0 Å². The second-order valence-electron chi connectivity index (χ2n) is 3.85. The fourth-order valence-electron chi connectivity index (χ4n) is 1.37. The van der Waals surface area contributed by atoms with E-state index in [4.69, 9.17) is 21.4 Å². The first-order valence-corrected chi connectivity index (χ1v) is 5.63. The van der Waals surface area contributed by atoms with Crippen molar-refractivity contribution in [1.29, 1.82) is 0 Å². The van der Waals surface area contributed by atoms with Crippen LogP contribution >= 0.6 is 0 Å². The summed E-state index contributed by atoms with van der Waals surface area (Å²) in [6, 6.07) is 7.58. The van der Waals surface area contributed by atoms with Crippen LogP contribution in [-0.2, 0) is 19.0 Å². The molecule has 1 atom stereocenters. The van der Waals surface area contributed by atoms with Crippen LogP contribution in [0.1, 0.15) is 12.8 Å². The molecule has 1 aromatic rings. The summed E-state index contributed by atoms with van der Waals surface area (Å²) in [7, 11) is -1.07. The Balaban J connectivity index is 2.56. The van der Waals surface area contributed by atoms with Crippen molar-refractivity contribution in [3.8, 4) is 0 Å². The highest BCUT2D eigenvalue weighted by Gasteiger charge is 2.28. The summed E-state index contributed by atoms with van der Waals surface area (Å²) in [6.07, 6.45) is -0.226. The molecule has 8 heteroatoms. The van der Waals surface area contributed by atoms with E-state index in [0.29, 0.717) is 5.46 Å². The number of aliphatic carboxylic acids is 1. The molecular formula is C11H15BN2O5. The summed E-state index contributed by atoms with van der Waals surface area (Å²) < 4.78 is 9.54. The summed E-state index contributed by atoms with van der Waals surface area (Å²) >= 11 is 0. The van der Waals surface area contributed by atoms with Crippen molar-refractivity contribution in [2.45, 2.75) is 18.9 Å². The molecule has 102 valence electrons. The van der Waals surface area contributed by atoms with E-state index in [9.17, 15) is 9.59 Å². The molecule has 0 aromatic heterocycles. The minimum atomic E-state index is -1.07. The van der Waals surface area contributed by atoms with Crippen molar-refractivity contribution in [3.05, 3.63) is 30.3 Å². The molecule has 0 saturated heterocycles. The smallest absolute Gasteiger partial charge is 0.504 e. The van der Waals surface area contributed by atoms with Gasteiger partial charge in [-0.25, -0.2) is 5.90 Å². The van der Waals surface area contributed by atoms with Gasteiger partial charge in [0.25, 0.3) is 0 Å². The van der Waals surface area contributed by atoms with Crippen LogP contribution in [0.3, 0.4) is 0 Å². The second kappa shape index (κ2) is 7.52. The molecule has 1 aromatic carbocycles. The van der Waals surface area contributed by atoms with Crippen LogP contribution < -0.4 is 17.1 Å². The SMILES string of the molecule is NOB(OC(=O)[C@@H](N)CCC(=O)O)c1ccccc1. The zero-order chi connectivity index (χ0) is 14.3. The van der Waals surface area contributed by atoms with E-state index in [-0.39, 0.29) is 12.8 Å². The van der Waals surface area contributed by atoms with Gasteiger partial charge in [-0.2, -0.15) is 0 Å². The van der Waals surface area contributed by atoms with E-state index in [1.165, 1.54) is 0 Å². The average molecular weight is 266 g/mol. The molecule has 19 heavy (non-hydrogen) atoms. The topological polar surface area (TPSA) is 125 Å². The first kappa shape index (κ1) is 15.2. The van der Waals surface area contributed by atoms with E-state index in [1.54, 1.807) is 30.3 Å². The minimum absolute atomic E-state index is 0.0136. The third kappa shape index (κ3) is 5.08. The molecule has 7 nitrogen and oxygen atoms in total. The summed E-state index contributed by atoms with van der Waals surface area (Å²) in [5.74, 6) is 3.27. The Morgan fingerprint density at radius 1 is 1.32 bits per heavy atom. The van der Waals surface area contributed by atoms with Gasteiger partial charge in [0, 0.05) is 6.42 Å². The van der Waals surface area contributed by atoms with Crippen LogP contribution in [0.25, 0.3) is 0 Å². The Bertz CT molecular complexity index is 428. The Kier molecular flexibility index (Phi) is 6.00. The van der Waals surface area contributed by atoms with Crippen molar-refractivity contribution in [2.24, 2.45) is 11.6 Å². The molecule has 0 unspecified atom stereocenters. The molecule has 0 bridgehead atoms. The van der Waals surface area contributed by atoms with Crippen molar-refractivity contribution in [2.75, 3.05) is 0 Å². The number of carbonyl (C=O) groups is 2. The molecule has 0 saturated carbocycles. The highest BCUT2D eigenvalue weighted by molar-refractivity contribution is 6.62. The van der Waals surface area contributed by atoms with Crippen LogP contribution in [-0.4, -0.2) is 30.2 Å². The zero-order valence-electron chi connectivity index (χ0n) is 10.2. The molecular weight excluding hydrogens is 251 g/mol. The molecule has 0 heterocycles. The number of carboxylic acids is 1. The lowest BCUT2D eigenvalue weighted by molar-refractivity contribution is -0.139. The molecule has 5 N–H and O–H groups in total. The van der Waals surface area contributed by atoms with Crippen molar-refractivity contribution >= 4 is 24.5 Å². The molecule has 0 aliphatic carbocycles. The van der Waals surface area contributed by atoms with Gasteiger partial charge >= 0.3 is 19.1 Å². The number of rotatable bonds is 7. The fraction of sp³-hybridized carbons (Fsp3) is 0.273. The molecule has 0 radical (unpaired) electrons. The van der Waals surface area contributed by atoms with Crippen LogP contribution in [0.5, 0.6) is 0 Å². The Morgan fingerprint density at radius 2 is 1.95 bits per heavy atom. The van der Waals surface area contributed by atoms with Gasteiger partial charge in [0.2, 0.25) is 0 Å². The maximum Gasteiger partial charge on any atom is 0.581 e. The molecule has 0 amide bonds. The van der Waals surface area contributed by atoms with E-state index >= 15 is 0 Å². The number of benzene rings is 1. The van der Waals surface area contributed by atoms with Gasteiger partial charge in [-0.1, -0.05) is 30.3 Å². The Hall–Kier alpha value is -1.90. The van der Waals surface area contributed by atoms with Crippen LogP contribution in [0.15, 0.2) is 30.3 Å². The number of hydrogen-bond acceptors (Lipinski definition) is 6. The average Bonchev–Trinajstić information content (AvgIpc) is 2.42. The molecule has 0 fully saturated rings. The van der Waals surface area contributed by atoms with Gasteiger partial charge in [-0.05, 0) is 11.9 Å². The third-order valence-corrected chi connectivity index (χ3v) is 2.39. The second-order valence-corrected chi connectivity index (χ2v) is 3.85. The first-order valence-electron chi connectivity index (χ1n) is 5.63. The number of carbonyl (C=O) groups excluding carboxylic acids is 1. The van der Waals surface area contributed by atoms with Crippen molar-refractivity contribution < 1.29 is 24.1 Å². The lowest BCUT2D eigenvalue weighted by Crippen LogP contribution is -2.45. The quantitative estimate of drug-likeness (QED) is 0.427. The van der Waals surface area contributed by atoms with E-state index in [0.717, 1.165) is 0 Å². The zero-order valence-corrected chi connectivity index (χ0v) is 10.2. The standard InChI is InChI=1S/C11H15BN2O5/c13-9(6-7-10(15)16)11(17)18-12(19-14)8-4-2-1-3-5-8/h1-5,9H,6-7,13-14H2,(H,15,16)/t9-/m0/s1. The van der Waals surface area contributed by atoms with Crippen LogP contribution in [0.2, 0.25) is 0 Å². The summed E-state index contributed by atoms with van der Waals surface area (Å²) in [4.78, 5) is 22.0. The maximum atomic E-state index is 11.6. The van der Waals surface area contributed by atoms with Gasteiger partial charge in [0.15, 0.2) is 0 Å². The molecule has 0 spiro atoms. The largest absolute Gasteiger partial charge is 0.581 e. The number of hydrogen-bond donors (Lipinski definition) is 3. The van der Waals surface area contributed by atoms with Gasteiger partial charge < -0.3 is 20.2 Å². The highest BCUT2D eigenvalue weighted by Crippen LogP contribution is 2.00. The lowest BCUT2D eigenvalue weighted by Gasteiger charge is -2.15. The first-order chi connectivity index (χ1) is 9.04. The van der Waals surface area contributed by atoms with Crippen LogP contribution in [0, 0.1) is 0 Å². The van der Waals surface area contributed by atoms with E-state index in [2.05, 4.69) is 4.76 Å². The van der Waals surface area contributed by atoms with Gasteiger partial charge in [-0.15, -0.1) is 0 Å². The predicted octanol–water partition coefficient (Wildman–Crippen LogP) is -0.993. The molecule has 1 rings (SSSR count). The van der Waals surface area contributed by atoms with Gasteiger partial charge in [0.1, 0.15) is 6.04 Å². The summed E-state index contributed by atoms with van der Waals surface area (Å²) in [5, 5.41) is 8.50. The number of nitrogens with two attached hydrogens (primary N) is 2. The predicted molar refractivity (Wildman–Crippen MR) is 68.0 cm³/mol. The fourth-order valence-corrected chi connectivity index (χ4v) is 1.37. The monoisotopic (exact) mass is 266 g/mol. The number of carboxylic acid groups (broad SMARTS) is 1. The van der Waals surface area contributed by atoms with E-state index in [1.807, 2.05) is 0 Å². The molecule has 0 aliphatic heterocycles. The highest BCUT2D eigenvalue weighted by atomic mass is 16.7. The van der Waals surface area contributed by atoms with Crippen molar-refractivity contribution in [1.82, 2.24) is 0 Å². The maximum absolute atomic E-state index is 11.6. The van der Waals surface area contributed by atoms with Gasteiger partial charge in [-0.3, -0.25) is 9.59 Å². The Labute approximate surface area is 110 Å². The minimum Gasteiger partial charge on any atom is -0.504 e. The molecule has 0 aliphatic rings. The van der Waals surface area contributed by atoms with Crippen LogP contribution in [0.4, 0.5) is 0 Å². The third-order valence-electron chi connectivity index (χ3n) is 2.39. The normalized spacial score (nSPS) is 11.7. The lowest BCUT2D eigenvalue weighted by atomic mass is 9.79.